The predicted octanol–water partition coefficient (Wildman–Crippen LogP) is 1.31. The summed E-state index contributed by atoms with van der Waals surface area (Å²) in [5.74, 6) is 1.11. The molecule has 1 saturated heterocycles. The van der Waals surface area contributed by atoms with Crippen molar-refractivity contribution in [1.29, 1.82) is 0 Å². The lowest BCUT2D eigenvalue weighted by atomic mass is 10.1. The lowest BCUT2D eigenvalue weighted by Crippen LogP contribution is -2.41. The van der Waals surface area contributed by atoms with Crippen molar-refractivity contribution < 1.29 is 9.53 Å². The third-order valence-electron chi connectivity index (χ3n) is 4.39. The van der Waals surface area contributed by atoms with Crippen LogP contribution in [0, 0.1) is 0 Å². The summed E-state index contributed by atoms with van der Waals surface area (Å²) >= 11 is 0. The van der Waals surface area contributed by atoms with E-state index in [0.29, 0.717) is 13.0 Å². The zero-order chi connectivity index (χ0) is 17.2. The third kappa shape index (κ3) is 6.09. The molecule has 2 rings (SSSR count). The van der Waals surface area contributed by atoms with Gasteiger partial charge in [-0.2, -0.15) is 0 Å². The van der Waals surface area contributed by atoms with E-state index in [1.165, 1.54) is 0 Å². The SMILES string of the molecule is CCN(CC)c1cc(CCC(=O)NCCN2CCOCC2)ccn1. The highest BCUT2D eigenvalue weighted by atomic mass is 16.5. The van der Waals surface area contributed by atoms with Crippen molar-refractivity contribution in [1.82, 2.24) is 15.2 Å². The molecule has 2 heterocycles. The van der Waals surface area contributed by atoms with Gasteiger partial charge in [-0.1, -0.05) is 0 Å². The molecule has 6 heteroatoms. The van der Waals surface area contributed by atoms with Crippen molar-refractivity contribution >= 4 is 11.7 Å². The van der Waals surface area contributed by atoms with E-state index in [1.54, 1.807) is 0 Å². The number of anilines is 1. The maximum atomic E-state index is 12.0. The molecule has 1 amide bonds. The first-order valence-electron chi connectivity index (χ1n) is 8.99. The minimum atomic E-state index is 0.115. The topological polar surface area (TPSA) is 57.7 Å². The van der Waals surface area contributed by atoms with Crippen LogP contribution < -0.4 is 10.2 Å². The number of aromatic nitrogens is 1. The minimum Gasteiger partial charge on any atom is -0.379 e. The number of pyridine rings is 1. The minimum absolute atomic E-state index is 0.115. The number of hydrogen-bond acceptors (Lipinski definition) is 5. The van der Waals surface area contributed by atoms with Gasteiger partial charge in [0.15, 0.2) is 0 Å². The van der Waals surface area contributed by atoms with Crippen LogP contribution in [0.3, 0.4) is 0 Å². The molecule has 1 aliphatic heterocycles. The zero-order valence-electron chi connectivity index (χ0n) is 15.0. The standard InChI is InChI=1S/C18H30N4O2/c1-3-22(4-2)17-15-16(7-8-19-17)5-6-18(23)20-9-10-21-11-13-24-14-12-21/h7-8,15H,3-6,9-14H2,1-2H3,(H,20,23). The predicted molar refractivity (Wildman–Crippen MR) is 96.4 cm³/mol. The molecule has 24 heavy (non-hydrogen) atoms. The van der Waals surface area contributed by atoms with Gasteiger partial charge in [-0.25, -0.2) is 4.98 Å². The summed E-state index contributed by atoms with van der Waals surface area (Å²) in [4.78, 5) is 21.0. The second-order valence-electron chi connectivity index (χ2n) is 6.00. The van der Waals surface area contributed by atoms with Crippen LogP contribution in [0.15, 0.2) is 18.3 Å². The molecule has 0 atom stereocenters. The number of nitrogens with one attached hydrogen (secondary N) is 1. The van der Waals surface area contributed by atoms with Crippen LogP contribution >= 0.6 is 0 Å². The van der Waals surface area contributed by atoms with Gasteiger partial charge in [0, 0.05) is 51.9 Å². The van der Waals surface area contributed by atoms with Crippen molar-refractivity contribution in [2.45, 2.75) is 26.7 Å². The number of morpholine rings is 1. The first-order valence-corrected chi connectivity index (χ1v) is 8.99. The quantitative estimate of drug-likeness (QED) is 0.738. The molecule has 1 aromatic rings. The van der Waals surface area contributed by atoms with Gasteiger partial charge >= 0.3 is 0 Å². The molecule has 1 aromatic heterocycles. The smallest absolute Gasteiger partial charge is 0.220 e. The first-order chi connectivity index (χ1) is 11.7. The molecule has 1 N–H and O–H groups in total. The summed E-state index contributed by atoms with van der Waals surface area (Å²) in [6.45, 7) is 11.2. The lowest BCUT2D eigenvalue weighted by molar-refractivity contribution is -0.121. The number of ether oxygens (including phenoxy) is 1. The number of hydrogen-bond donors (Lipinski definition) is 1. The first kappa shape index (κ1) is 18.7. The molecular formula is C18H30N4O2. The highest BCUT2D eigenvalue weighted by Gasteiger charge is 2.10. The normalized spacial score (nSPS) is 15.2. The van der Waals surface area contributed by atoms with Crippen molar-refractivity contribution in [2.75, 3.05) is 57.4 Å². The molecule has 0 spiro atoms. The lowest BCUT2D eigenvalue weighted by Gasteiger charge is -2.26. The summed E-state index contributed by atoms with van der Waals surface area (Å²) in [7, 11) is 0. The third-order valence-corrected chi connectivity index (χ3v) is 4.39. The van der Waals surface area contributed by atoms with Crippen molar-refractivity contribution in [3.63, 3.8) is 0 Å². The number of amides is 1. The number of carbonyl (C=O) groups is 1. The van der Waals surface area contributed by atoms with Crippen LogP contribution in [0.25, 0.3) is 0 Å². The van der Waals surface area contributed by atoms with E-state index in [-0.39, 0.29) is 5.91 Å². The molecule has 0 radical (unpaired) electrons. The monoisotopic (exact) mass is 334 g/mol. The Morgan fingerprint density at radius 3 is 2.79 bits per heavy atom. The molecule has 0 unspecified atom stereocenters. The molecule has 6 nitrogen and oxygen atoms in total. The van der Waals surface area contributed by atoms with Crippen LogP contribution in [0.2, 0.25) is 0 Å². The van der Waals surface area contributed by atoms with E-state index >= 15 is 0 Å². The Labute approximate surface area is 145 Å². The second kappa shape index (κ2) is 10.3. The van der Waals surface area contributed by atoms with E-state index in [2.05, 4.69) is 40.0 Å². The maximum absolute atomic E-state index is 12.0. The van der Waals surface area contributed by atoms with E-state index < -0.39 is 0 Å². The van der Waals surface area contributed by atoms with Gasteiger partial charge in [0.2, 0.25) is 5.91 Å². The summed E-state index contributed by atoms with van der Waals surface area (Å²) in [5.41, 5.74) is 1.16. The largest absolute Gasteiger partial charge is 0.379 e. The van der Waals surface area contributed by atoms with E-state index in [0.717, 1.165) is 63.7 Å². The Morgan fingerprint density at radius 1 is 1.33 bits per heavy atom. The van der Waals surface area contributed by atoms with Crippen molar-refractivity contribution in [3.05, 3.63) is 23.9 Å². The van der Waals surface area contributed by atoms with Gasteiger partial charge in [-0.3, -0.25) is 9.69 Å². The molecule has 0 aromatic carbocycles. The Bertz CT molecular complexity index is 500. The fraction of sp³-hybridized carbons (Fsp3) is 0.667. The van der Waals surface area contributed by atoms with Crippen LogP contribution in [-0.4, -0.2) is 68.3 Å². The molecule has 0 bridgehead atoms. The van der Waals surface area contributed by atoms with E-state index in [9.17, 15) is 4.79 Å². The number of carbonyl (C=O) groups excluding carboxylic acids is 1. The maximum Gasteiger partial charge on any atom is 0.220 e. The Hall–Kier alpha value is -1.66. The molecule has 0 aliphatic carbocycles. The Balaban J connectivity index is 1.70. The van der Waals surface area contributed by atoms with Gasteiger partial charge in [-0.15, -0.1) is 0 Å². The fourth-order valence-electron chi connectivity index (χ4n) is 2.86. The average molecular weight is 334 g/mol. The summed E-state index contributed by atoms with van der Waals surface area (Å²) in [6, 6.07) is 4.09. The van der Waals surface area contributed by atoms with E-state index in [1.807, 2.05) is 12.3 Å². The van der Waals surface area contributed by atoms with Gasteiger partial charge in [-0.05, 0) is 38.0 Å². The average Bonchev–Trinajstić information content (AvgIpc) is 2.62. The summed E-state index contributed by atoms with van der Waals surface area (Å²) in [5, 5.41) is 3.01. The molecular weight excluding hydrogens is 304 g/mol. The fourth-order valence-corrected chi connectivity index (χ4v) is 2.86. The molecule has 1 fully saturated rings. The molecule has 0 saturated carbocycles. The van der Waals surface area contributed by atoms with Gasteiger partial charge in [0.1, 0.15) is 5.82 Å². The molecule has 134 valence electrons. The van der Waals surface area contributed by atoms with Crippen molar-refractivity contribution in [3.8, 4) is 0 Å². The Morgan fingerprint density at radius 2 is 2.08 bits per heavy atom. The van der Waals surface area contributed by atoms with Gasteiger partial charge < -0.3 is 15.0 Å². The highest BCUT2D eigenvalue weighted by molar-refractivity contribution is 5.76. The van der Waals surface area contributed by atoms with Crippen LogP contribution in [0.5, 0.6) is 0 Å². The van der Waals surface area contributed by atoms with Crippen LogP contribution in [0.1, 0.15) is 25.8 Å². The van der Waals surface area contributed by atoms with Crippen LogP contribution in [-0.2, 0) is 16.0 Å². The Kier molecular flexibility index (Phi) is 7.98. The number of aryl methyl sites for hydroxylation is 1. The number of nitrogens with zero attached hydrogens (tertiary/aromatic N) is 3. The van der Waals surface area contributed by atoms with Crippen LogP contribution in [0.4, 0.5) is 5.82 Å². The summed E-state index contributed by atoms with van der Waals surface area (Å²) < 4.78 is 5.32. The number of rotatable bonds is 9. The summed E-state index contributed by atoms with van der Waals surface area (Å²) in [6.07, 6.45) is 3.10. The van der Waals surface area contributed by atoms with E-state index in [4.69, 9.17) is 4.74 Å². The highest BCUT2D eigenvalue weighted by Crippen LogP contribution is 2.13. The van der Waals surface area contributed by atoms with Gasteiger partial charge in [0.05, 0.1) is 13.2 Å². The molecule has 1 aliphatic rings. The zero-order valence-corrected chi connectivity index (χ0v) is 15.0. The second-order valence-corrected chi connectivity index (χ2v) is 6.00. The van der Waals surface area contributed by atoms with Crippen molar-refractivity contribution in [2.24, 2.45) is 0 Å². The van der Waals surface area contributed by atoms with Gasteiger partial charge in [0.25, 0.3) is 0 Å².